The second-order valence-corrected chi connectivity index (χ2v) is 17.8. The van der Waals surface area contributed by atoms with Gasteiger partial charge < -0.3 is 10.6 Å². The Morgan fingerprint density at radius 3 is 1.96 bits per heavy atom. The van der Waals surface area contributed by atoms with Crippen molar-refractivity contribution in [1.29, 1.82) is 0 Å². The molecule has 5 amide bonds. The standard InChI is InChI=1S/C39H55ClN4O7S/c1-6-7-8-9-10-11-12-13-14-18-24-52(50,51)29(2)25-33(45)41-31-22-19-23-32(26-31)42-36(48)39(40,35(47)38(3,4)5)44-28-34(46)43(37(44)49)27-30-20-16-15-17-21-30/h15-17,19-23,26,29H,6-14,18,24-25,27-28H2,1-5H3,(H,41,45)(H,42,48). The molecule has 1 aliphatic heterocycles. The second kappa shape index (κ2) is 19.3. The summed E-state index contributed by atoms with van der Waals surface area (Å²) in [5, 5.41) is 4.38. The van der Waals surface area contributed by atoms with Crippen molar-refractivity contribution >= 4 is 62.3 Å². The Balaban J connectivity index is 1.61. The largest absolute Gasteiger partial charge is 0.329 e. The predicted octanol–water partition coefficient (Wildman–Crippen LogP) is 7.69. The summed E-state index contributed by atoms with van der Waals surface area (Å²) in [6, 6.07) is 14.0. The average molecular weight is 759 g/mol. The maximum Gasteiger partial charge on any atom is 0.329 e. The second-order valence-electron chi connectivity index (χ2n) is 14.7. The number of amides is 5. The molecule has 0 spiro atoms. The Labute approximate surface area is 314 Å². The molecular formula is C39H55ClN4O7S. The molecule has 13 heteroatoms. The molecule has 0 aliphatic carbocycles. The summed E-state index contributed by atoms with van der Waals surface area (Å²) < 4.78 is 25.8. The molecular weight excluding hydrogens is 704 g/mol. The van der Waals surface area contributed by atoms with Crippen LogP contribution in [0.1, 0.15) is 111 Å². The zero-order valence-electron chi connectivity index (χ0n) is 31.2. The van der Waals surface area contributed by atoms with Crippen molar-refractivity contribution in [3.63, 3.8) is 0 Å². The molecule has 0 bridgehead atoms. The van der Waals surface area contributed by atoms with Crippen LogP contribution >= 0.6 is 11.6 Å². The van der Waals surface area contributed by atoms with Crippen molar-refractivity contribution in [2.75, 3.05) is 22.9 Å². The van der Waals surface area contributed by atoms with E-state index in [1.54, 1.807) is 63.2 Å². The molecule has 0 saturated carbocycles. The number of halogens is 1. The number of carbonyl (C=O) groups excluding carboxylic acids is 5. The minimum absolute atomic E-state index is 0.0298. The van der Waals surface area contributed by atoms with Crippen LogP contribution in [0.3, 0.4) is 0 Å². The summed E-state index contributed by atoms with van der Waals surface area (Å²) in [5.41, 5.74) is -0.0886. The third-order valence-electron chi connectivity index (χ3n) is 9.17. The zero-order valence-corrected chi connectivity index (χ0v) is 32.8. The number of alkyl halides is 1. The van der Waals surface area contributed by atoms with Crippen molar-refractivity contribution in [2.45, 2.75) is 122 Å². The molecule has 1 saturated heterocycles. The van der Waals surface area contributed by atoms with Crippen molar-refractivity contribution in [3.05, 3.63) is 60.2 Å². The number of nitrogens with zero attached hydrogens (tertiary/aromatic N) is 2. The summed E-state index contributed by atoms with van der Waals surface area (Å²) in [7, 11) is -3.48. The Morgan fingerprint density at radius 1 is 0.827 bits per heavy atom. The topological polar surface area (TPSA) is 150 Å². The normalized spacial score (nSPS) is 15.3. The fraction of sp³-hybridized carbons (Fsp3) is 0.564. The van der Waals surface area contributed by atoms with E-state index < -0.39 is 61.6 Å². The van der Waals surface area contributed by atoms with Gasteiger partial charge in [-0.1, -0.05) is 133 Å². The molecule has 286 valence electrons. The van der Waals surface area contributed by atoms with Gasteiger partial charge in [-0.05, 0) is 37.1 Å². The highest BCUT2D eigenvalue weighted by atomic mass is 35.5. The van der Waals surface area contributed by atoms with Gasteiger partial charge in [0.05, 0.1) is 17.5 Å². The van der Waals surface area contributed by atoms with Gasteiger partial charge in [0.15, 0.2) is 15.6 Å². The summed E-state index contributed by atoms with van der Waals surface area (Å²) in [6.07, 6.45) is 10.7. The number of rotatable bonds is 21. The third kappa shape index (κ3) is 11.9. The van der Waals surface area contributed by atoms with Gasteiger partial charge in [0.1, 0.15) is 6.54 Å². The van der Waals surface area contributed by atoms with Crippen molar-refractivity contribution in [1.82, 2.24) is 9.80 Å². The number of ketones is 1. The monoisotopic (exact) mass is 758 g/mol. The smallest absolute Gasteiger partial charge is 0.326 e. The number of anilines is 2. The van der Waals surface area contributed by atoms with Gasteiger partial charge in [-0.3, -0.25) is 29.0 Å². The first kappa shape index (κ1) is 42.6. The number of imide groups is 1. The molecule has 1 aliphatic rings. The van der Waals surface area contributed by atoms with E-state index in [-0.39, 0.29) is 30.1 Å². The molecule has 2 unspecified atom stereocenters. The molecule has 0 radical (unpaired) electrons. The van der Waals surface area contributed by atoms with Crippen LogP contribution in [0.25, 0.3) is 0 Å². The maximum absolute atomic E-state index is 13.9. The number of benzene rings is 2. The first-order valence-corrected chi connectivity index (χ1v) is 20.4. The highest BCUT2D eigenvalue weighted by molar-refractivity contribution is 7.92. The number of carbonyl (C=O) groups is 5. The summed E-state index contributed by atoms with van der Waals surface area (Å²) in [4.78, 5) is 66.3. The predicted molar refractivity (Wildman–Crippen MR) is 206 cm³/mol. The molecule has 11 nitrogen and oxygen atoms in total. The van der Waals surface area contributed by atoms with Crippen LogP contribution in [0.5, 0.6) is 0 Å². The van der Waals surface area contributed by atoms with Crippen LogP contribution in [0.4, 0.5) is 16.2 Å². The lowest BCUT2D eigenvalue weighted by molar-refractivity contribution is -0.139. The average Bonchev–Trinajstić information content (AvgIpc) is 3.37. The quantitative estimate of drug-likeness (QED) is 0.0436. The summed E-state index contributed by atoms with van der Waals surface area (Å²) in [5.74, 6) is -2.94. The van der Waals surface area contributed by atoms with Crippen LogP contribution in [0, 0.1) is 5.41 Å². The molecule has 2 N–H and O–H groups in total. The minimum Gasteiger partial charge on any atom is -0.326 e. The van der Waals surface area contributed by atoms with Crippen LogP contribution in [0.15, 0.2) is 54.6 Å². The number of hydrogen-bond acceptors (Lipinski definition) is 7. The molecule has 2 aromatic carbocycles. The fourth-order valence-corrected chi connectivity index (χ4v) is 7.91. The Kier molecular flexibility index (Phi) is 15.9. The fourth-order valence-electron chi connectivity index (χ4n) is 6.03. The number of unbranched alkanes of at least 4 members (excludes halogenated alkanes) is 9. The van der Waals surface area contributed by atoms with Gasteiger partial charge in [0.2, 0.25) is 5.91 Å². The minimum atomic E-state index is -3.48. The lowest BCUT2D eigenvalue weighted by Gasteiger charge is -2.36. The molecule has 2 aromatic rings. The molecule has 52 heavy (non-hydrogen) atoms. The van der Waals surface area contributed by atoms with Crippen LogP contribution in [0.2, 0.25) is 0 Å². The van der Waals surface area contributed by atoms with E-state index in [4.69, 9.17) is 11.6 Å². The van der Waals surface area contributed by atoms with E-state index in [0.717, 1.165) is 29.1 Å². The van der Waals surface area contributed by atoms with Crippen LogP contribution in [-0.4, -0.2) is 70.3 Å². The van der Waals surface area contributed by atoms with E-state index in [1.165, 1.54) is 57.6 Å². The number of urea groups is 1. The van der Waals surface area contributed by atoms with E-state index in [1.807, 2.05) is 0 Å². The van der Waals surface area contributed by atoms with Gasteiger partial charge in [-0.2, -0.15) is 0 Å². The Hall–Kier alpha value is -3.77. The Morgan fingerprint density at radius 2 is 1.38 bits per heavy atom. The first-order chi connectivity index (χ1) is 24.5. The van der Waals surface area contributed by atoms with Crippen molar-refractivity contribution in [2.24, 2.45) is 5.41 Å². The SMILES string of the molecule is CCCCCCCCCCCCS(=O)(=O)C(C)CC(=O)Nc1cccc(NC(=O)C(Cl)(C(=O)C(C)(C)C)N2CC(=O)N(Cc3ccccc3)C2=O)c1. The highest BCUT2D eigenvalue weighted by Gasteiger charge is 2.59. The molecule has 1 heterocycles. The number of nitrogens with one attached hydrogen (secondary N) is 2. The lowest BCUT2D eigenvalue weighted by Crippen LogP contribution is -2.62. The summed E-state index contributed by atoms with van der Waals surface area (Å²) >= 11 is 6.86. The van der Waals surface area contributed by atoms with Gasteiger partial charge >= 0.3 is 6.03 Å². The molecule has 2 atom stereocenters. The first-order valence-electron chi connectivity index (χ1n) is 18.3. The molecule has 1 fully saturated rings. The van der Waals surface area contributed by atoms with E-state index in [2.05, 4.69) is 17.6 Å². The number of hydrogen-bond donors (Lipinski definition) is 2. The number of Topliss-reactive ketones (excluding diaryl/α,β-unsaturated/α-hetero) is 1. The summed E-state index contributed by atoms with van der Waals surface area (Å²) in [6.45, 7) is 7.74. The Bertz CT molecular complexity index is 1660. The van der Waals surface area contributed by atoms with Gasteiger partial charge in [0, 0.05) is 23.2 Å². The third-order valence-corrected chi connectivity index (χ3v) is 12.0. The zero-order chi connectivity index (χ0) is 38.5. The van der Waals surface area contributed by atoms with Crippen LogP contribution < -0.4 is 10.6 Å². The van der Waals surface area contributed by atoms with Gasteiger partial charge in [-0.15, -0.1) is 0 Å². The van der Waals surface area contributed by atoms with Crippen LogP contribution in [-0.2, 0) is 35.6 Å². The van der Waals surface area contributed by atoms with Gasteiger partial charge in [-0.25, -0.2) is 13.2 Å². The maximum atomic E-state index is 13.9. The van der Waals surface area contributed by atoms with E-state index >= 15 is 0 Å². The lowest BCUT2D eigenvalue weighted by atomic mass is 9.85. The number of sulfone groups is 1. The van der Waals surface area contributed by atoms with Crippen molar-refractivity contribution < 1.29 is 32.4 Å². The molecule has 3 rings (SSSR count). The van der Waals surface area contributed by atoms with Crippen molar-refractivity contribution in [3.8, 4) is 0 Å². The highest BCUT2D eigenvalue weighted by Crippen LogP contribution is 2.36. The molecule has 0 aromatic heterocycles. The van der Waals surface area contributed by atoms with Gasteiger partial charge in [0.25, 0.3) is 16.8 Å². The van der Waals surface area contributed by atoms with E-state index in [9.17, 15) is 32.4 Å². The van der Waals surface area contributed by atoms with E-state index in [0.29, 0.717) is 12.0 Å².